The van der Waals surface area contributed by atoms with Gasteiger partial charge in [0, 0.05) is 34.4 Å². The van der Waals surface area contributed by atoms with E-state index in [0.29, 0.717) is 66.9 Å². The van der Waals surface area contributed by atoms with E-state index in [-0.39, 0.29) is 5.97 Å². The Bertz CT molecular complexity index is 1360. The molecule has 10 nitrogen and oxygen atoms in total. The SMILES string of the molecule is CC(C)C[Si]12C[Si]3(CC(C)C)O[Si]4(CC(C)C)C[Si]5(CC(C)C)O[Si](CC(C)C)(C[Si](CCCOC(=O)CCCCCCCCCCBr)(O1)O4)O[Si](CC(C)C)(C[Si](CC(C)C)(O3)O5)O2. The fourth-order valence-electron chi connectivity index (χ4n) is 12.8. The Labute approximate surface area is 415 Å². The molecule has 8 bridgehead atoms. The van der Waals surface area contributed by atoms with Crippen LogP contribution in [0.5, 0.6) is 0 Å². The summed E-state index contributed by atoms with van der Waals surface area (Å²) < 4.78 is 73.3. The van der Waals surface area contributed by atoms with Crippen LogP contribution in [0.1, 0.15) is 161 Å². The molecule has 0 saturated carbocycles. The van der Waals surface area contributed by atoms with Crippen molar-refractivity contribution in [3.05, 3.63) is 0 Å². The van der Waals surface area contributed by atoms with Crippen molar-refractivity contribution < 1.29 is 42.5 Å². The van der Waals surface area contributed by atoms with Crippen LogP contribution in [0, 0.1) is 41.4 Å². The molecule has 0 aliphatic carbocycles. The summed E-state index contributed by atoms with van der Waals surface area (Å²) in [7, 11) is -25.5. The van der Waals surface area contributed by atoms with Gasteiger partial charge in [0.05, 0.1) is 6.61 Å². The zero-order valence-electron chi connectivity index (χ0n) is 44.0. The number of halogens is 1. The fraction of sp³-hybridized carbons (Fsp3) is 0.978. The van der Waals surface area contributed by atoms with E-state index in [1.165, 1.54) is 38.5 Å². The Morgan fingerprint density at radius 2 is 0.631 bits per heavy atom. The van der Waals surface area contributed by atoms with Crippen LogP contribution in [0.25, 0.3) is 0 Å². The molecule has 0 N–H and O–H groups in total. The summed E-state index contributed by atoms with van der Waals surface area (Å²) >= 11 is 3.54. The molecule has 0 aromatic carbocycles. The maximum Gasteiger partial charge on any atom is 0.322 e. The highest BCUT2D eigenvalue weighted by atomic mass is 79.9. The highest BCUT2D eigenvalue weighted by molar-refractivity contribution is 9.09. The lowest BCUT2D eigenvalue weighted by Gasteiger charge is -2.66. The van der Waals surface area contributed by atoms with Gasteiger partial charge in [0.25, 0.3) is 0 Å². The van der Waals surface area contributed by atoms with Gasteiger partial charge < -0.3 is 37.7 Å². The first kappa shape index (κ1) is 57.3. The first-order valence-electron chi connectivity index (χ1n) is 26.7. The molecule has 6 aliphatic heterocycles. The van der Waals surface area contributed by atoms with Gasteiger partial charge >= 0.3 is 74.5 Å². The number of ether oxygens (including phenoxy) is 1. The number of carbonyl (C=O) groups excluding carboxylic acids is 1. The van der Waals surface area contributed by atoms with Crippen molar-refractivity contribution in [1.29, 1.82) is 0 Å². The Morgan fingerprint density at radius 3 is 0.908 bits per heavy atom. The second kappa shape index (κ2) is 23.9. The lowest BCUT2D eigenvalue weighted by atomic mass is 10.1. The Kier molecular flexibility index (Phi) is 21.1. The van der Waals surface area contributed by atoms with Crippen LogP contribution in [0.4, 0.5) is 0 Å². The van der Waals surface area contributed by atoms with E-state index in [1.54, 1.807) is 0 Å². The molecule has 6 heterocycles. The summed E-state index contributed by atoms with van der Waals surface area (Å²) in [5.74, 6) is 2.41. The van der Waals surface area contributed by atoms with Crippen molar-refractivity contribution in [2.24, 2.45) is 41.4 Å². The molecule has 6 fully saturated rings. The monoisotopic (exact) mass is 1110 g/mol. The van der Waals surface area contributed by atoms with Gasteiger partial charge in [0.1, 0.15) is 0 Å². The van der Waals surface area contributed by atoms with Gasteiger partial charge in [-0.3, -0.25) is 4.79 Å². The van der Waals surface area contributed by atoms with Crippen molar-refractivity contribution >= 4 is 90.4 Å². The summed E-state index contributed by atoms with van der Waals surface area (Å²) in [6.07, 6.45) is 10.7. The maximum atomic E-state index is 13.3. The molecule has 8 atom stereocenters. The van der Waals surface area contributed by atoms with E-state index in [9.17, 15) is 4.79 Å². The van der Waals surface area contributed by atoms with Crippen LogP contribution < -0.4 is 0 Å². The molecular formula is C46H97BrO10Si8. The summed E-state index contributed by atoms with van der Waals surface area (Å²) in [5, 5.41) is 1.10. The Balaban J connectivity index is 1.65. The minimum atomic E-state index is -3.30. The summed E-state index contributed by atoms with van der Waals surface area (Å²) in [5.41, 5.74) is 3.03. The minimum absolute atomic E-state index is 0.0836. The quantitative estimate of drug-likeness (QED) is 0.0326. The first-order valence-corrected chi connectivity index (χ1v) is 45.6. The molecule has 8 unspecified atom stereocenters. The first-order chi connectivity index (χ1) is 30.4. The fourth-order valence-corrected chi connectivity index (χ4v) is 86.9. The molecule has 0 aromatic heterocycles. The van der Waals surface area contributed by atoms with E-state index in [0.717, 1.165) is 83.1 Å². The average molecular weight is 1110 g/mol. The minimum Gasteiger partial charge on any atom is -0.466 e. The van der Waals surface area contributed by atoms with E-state index < -0.39 is 68.5 Å². The maximum absolute atomic E-state index is 13.3. The highest BCUT2D eigenvalue weighted by Gasteiger charge is 2.78. The van der Waals surface area contributed by atoms with Gasteiger partial charge in [-0.2, -0.15) is 0 Å². The molecule has 0 amide bonds. The van der Waals surface area contributed by atoms with Crippen LogP contribution in [-0.2, 0) is 42.5 Å². The average Bonchev–Trinajstić information content (AvgIpc) is 3.07. The van der Waals surface area contributed by atoms with Gasteiger partial charge in [-0.1, -0.05) is 151 Å². The van der Waals surface area contributed by atoms with Crippen LogP contribution >= 0.6 is 15.9 Å². The van der Waals surface area contributed by atoms with Gasteiger partial charge in [0.2, 0.25) is 0 Å². The molecule has 0 spiro atoms. The van der Waals surface area contributed by atoms with Crippen LogP contribution in [0.2, 0.25) is 71.0 Å². The van der Waals surface area contributed by atoms with E-state index in [4.69, 9.17) is 37.7 Å². The van der Waals surface area contributed by atoms with E-state index >= 15 is 0 Å². The molecule has 65 heavy (non-hydrogen) atoms. The zero-order chi connectivity index (χ0) is 48.0. The summed E-state index contributed by atoms with van der Waals surface area (Å²) in [4.78, 5) is 13.3. The molecule has 0 radical (unpaired) electrons. The number of carbonyl (C=O) groups is 1. The molecule has 0 aromatic rings. The highest BCUT2D eigenvalue weighted by Crippen LogP contribution is 2.59. The van der Waals surface area contributed by atoms with Gasteiger partial charge in [0.15, 0.2) is 0 Å². The smallest absolute Gasteiger partial charge is 0.322 e. The number of esters is 1. The lowest BCUT2D eigenvalue weighted by molar-refractivity contribution is -0.143. The van der Waals surface area contributed by atoms with E-state index in [1.807, 2.05) is 0 Å². The lowest BCUT2D eigenvalue weighted by Crippen LogP contribution is -2.85. The van der Waals surface area contributed by atoms with Crippen molar-refractivity contribution in [2.45, 2.75) is 232 Å². The zero-order valence-corrected chi connectivity index (χ0v) is 53.6. The van der Waals surface area contributed by atoms with Gasteiger partial charge in [-0.25, -0.2) is 0 Å². The normalized spacial score (nSPS) is 35.8. The van der Waals surface area contributed by atoms with Crippen molar-refractivity contribution in [2.75, 3.05) is 11.9 Å². The van der Waals surface area contributed by atoms with Gasteiger partial charge in [-0.05, 0) is 109 Å². The molecule has 19 heteroatoms. The second-order valence-electron chi connectivity index (χ2n) is 24.6. The molecule has 6 aliphatic rings. The number of unbranched alkanes of at least 4 members (excludes halogenated alkanes) is 7. The summed E-state index contributed by atoms with van der Waals surface area (Å²) in [6, 6.07) is 6.83. The Hall–Kier alpha value is 1.37. The molecule has 380 valence electrons. The molecule has 6 saturated heterocycles. The molecule has 6 rings (SSSR count). The van der Waals surface area contributed by atoms with Crippen LogP contribution in [0.15, 0.2) is 0 Å². The van der Waals surface area contributed by atoms with Crippen LogP contribution in [-0.4, -0.2) is 86.4 Å². The van der Waals surface area contributed by atoms with E-state index in [2.05, 4.69) is 113 Å². The third-order valence-corrected chi connectivity index (χ3v) is 66.2. The third kappa shape index (κ3) is 16.2. The van der Waals surface area contributed by atoms with Gasteiger partial charge in [-0.15, -0.1) is 0 Å². The predicted octanol–water partition coefficient (Wildman–Crippen LogP) is 14.3. The van der Waals surface area contributed by atoms with Crippen molar-refractivity contribution in [3.63, 3.8) is 0 Å². The Morgan fingerprint density at radius 1 is 0.385 bits per heavy atom. The topological polar surface area (TPSA) is 100 Å². The summed E-state index contributed by atoms with van der Waals surface area (Å²) in [6.45, 7) is 33.2. The number of hydrogen-bond donors (Lipinski definition) is 0. The number of alkyl halides is 1. The van der Waals surface area contributed by atoms with Crippen molar-refractivity contribution in [1.82, 2.24) is 0 Å². The van der Waals surface area contributed by atoms with Crippen molar-refractivity contribution in [3.8, 4) is 0 Å². The third-order valence-electron chi connectivity index (χ3n) is 13.4. The number of rotatable bonds is 28. The second-order valence-corrected chi connectivity index (χ2v) is 55.5. The standard InChI is InChI=1S/C46H97BrO10Si8/c1-39(2)28-59-35-58(27-23-26-49-46(48)24-21-19-17-15-16-18-20-22-25-47)50-60(29-40(3)4)36-62(52-59,31-42(7)8)56-65(34-45(13)14)38-64(53-59,33-44(11)12)55-61(51-58,30-41(5)6)37-63(54-60,57-65)32-43(9)10/h39-45H,15-38H2,1-14H3. The molecular weight excluding hydrogens is 1020 g/mol. The predicted molar refractivity (Wildman–Crippen MR) is 287 cm³/mol. The van der Waals surface area contributed by atoms with Crippen LogP contribution in [0.3, 0.4) is 0 Å². The largest absolute Gasteiger partial charge is 0.466 e. The number of hydrogen-bond acceptors (Lipinski definition) is 10.